The number of hydrogen-bond donors (Lipinski definition) is 4. The fourth-order valence-electron chi connectivity index (χ4n) is 6.68. The molecule has 7 nitrogen and oxygen atoms in total. The van der Waals surface area contributed by atoms with E-state index in [1.165, 1.54) is 13.0 Å². The van der Waals surface area contributed by atoms with Gasteiger partial charge < -0.3 is 25.2 Å². The number of esters is 1. The predicted molar refractivity (Wildman–Crippen MR) is 97.9 cm³/mol. The van der Waals surface area contributed by atoms with Crippen molar-refractivity contribution in [3.63, 3.8) is 0 Å². The first-order chi connectivity index (χ1) is 12.8. The summed E-state index contributed by atoms with van der Waals surface area (Å²) in [5.74, 6) is -4.26. The SMILES string of the molecule is CC(=O)O[C@@]12[C@H](O)[C@@H](C)[C@@]3(O)[C@@H](C=C(O)C[C@]4(O)C(=O)C(C)=C[C@@H]34)[C@@H]1C2(C)C. The van der Waals surface area contributed by atoms with E-state index in [1.807, 2.05) is 13.8 Å². The van der Waals surface area contributed by atoms with Crippen LogP contribution in [0.2, 0.25) is 0 Å². The summed E-state index contributed by atoms with van der Waals surface area (Å²) in [7, 11) is 0. The number of aliphatic hydroxyl groups is 4. The van der Waals surface area contributed by atoms with E-state index in [0.717, 1.165) is 0 Å². The molecule has 154 valence electrons. The van der Waals surface area contributed by atoms with Gasteiger partial charge in [-0.2, -0.15) is 0 Å². The van der Waals surface area contributed by atoms with Crippen molar-refractivity contribution >= 4 is 11.8 Å². The van der Waals surface area contributed by atoms with Gasteiger partial charge in [-0.15, -0.1) is 0 Å². The number of hydrogen-bond acceptors (Lipinski definition) is 7. The van der Waals surface area contributed by atoms with Crippen molar-refractivity contribution in [3.05, 3.63) is 23.5 Å². The zero-order chi connectivity index (χ0) is 21.0. The zero-order valence-corrected chi connectivity index (χ0v) is 16.8. The van der Waals surface area contributed by atoms with Crippen LogP contribution < -0.4 is 0 Å². The molecule has 7 heteroatoms. The number of fused-ring (bicyclic) bond motifs is 5. The first-order valence-electron chi connectivity index (χ1n) is 9.71. The molecular weight excluding hydrogens is 364 g/mol. The molecule has 2 saturated carbocycles. The largest absolute Gasteiger partial charge is 0.513 e. The molecule has 28 heavy (non-hydrogen) atoms. The van der Waals surface area contributed by atoms with E-state index in [0.29, 0.717) is 5.57 Å². The van der Waals surface area contributed by atoms with E-state index in [4.69, 9.17) is 4.74 Å². The minimum Gasteiger partial charge on any atom is -0.513 e. The lowest BCUT2D eigenvalue weighted by Crippen LogP contribution is -2.65. The van der Waals surface area contributed by atoms with Crippen LogP contribution in [0.1, 0.15) is 41.0 Å². The fraction of sp³-hybridized carbons (Fsp3) is 0.714. The molecule has 0 aliphatic heterocycles. The second-order valence-corrected chi connectivity index (χ2v) is 9.65. The van der Waals surface area contributed by atoms with E-state index < -0.39 is 63.7 Å². The van der Waals surface area contributed by atoms with Crippen LogP contribution in [0.4, 0.5) is 0 Å². The molecule has 0 saturated heterocycles. The number of ketones is 1. The third-order valence-electron chi connectivity index (χ3n) is 8.01. The molecule has 0 aromatic carbocycles. The van der Waals surface area contributed by atoms with Gasteiger partial charge in [0.05, 0.1) is 17.5 Å². The van der Waals surface area contributed by atoms with Crippen molar-refractivity contribution in [3.8, 4) is 0 Å². The summed E-state index contributed by atoms with van der Waals surface area (Å²) < 4.78 is 5.64. The molecular formula is C21H28O7. The number of Topliss-reactive ketones (excluding diaryl/α,β-unsaturated/α-hetero) is 1. The van der Waals surface area contributed by atoms with E-state index in [-0.39, 0.29) is 12.2 Å². The van der Waals surface area contributed by atoms with Gasteiger partial charge in [0.15, 0.2) is 5.78 Å². The Morgan fingerprint density at radius 3 is 2.43 bits per heavy atom. The van der Waals surface area contributed by atoms with E-state index in [9.17, 15) is 30.0 Å². The molecule has 0 bridgehead atoms. The number of carbonyl (C=O) groups excluding carboxylic acids is 2. The first kappa shape index (κ1) is 19.6. The number of carbonyl (C=O) groups is 2. The van der Waals surface area contributed by atoms with Gasteiger partial charge in [-0.3, -0.25) is 9.59 Å². The molecule has 0 amide bonds. The van der Waals surface area contributed by atoms with Gasteiger partial charge in [0, 0.05) is 42.4 Å². The van der Waals surface area contributed by atoms with Crippen LogP contribution in [0.5, 0.6) is 0 Å². The van der Waals surface area contributed by atoms with Gasteiger partial charge in [0.25, 0.3) is 0 Å². The zero-order valence-electron chi connectivity index (χ0n) is 16.8. The summed E-state index contributed by atoms with van der Waals surface area (Å²) in [6, 6.07) is 0. The second-order valence-electron chi connectivity index (χ2n) is 9.65. The van der Waals surface area contributed by atoms with Crippen molar-refractivity contribution in [1.29, 1.82) is 0 Å². The minimum absolute atomic E-state index is 0.187. The smallest absolute Gasteiger partial charge is 0.303 e. The van der Waals surface area contributed by atoms with Gasteiger partial charge in [0.2, 0.25) is 0 Å². The van der Waals surface area contributed by atoms with Crippen LogP contribution in [0.25, 0.3) is 0 Å². The Balaban J connectivity index is 1.93. The molecule has 0 aromatic rings. The Labute approximate surface area is 163 Å². The maximum absolute atomic E-state index is 12.7. The minimum atomic E-state index is -1.97. The highest BCUT2D eigenvalue weighted by molar-refractivity contribution is 6.04. The summed E-state index contributed by atoms with van der Waals surface area (Å²) >= 11 is 0. The Hall–Kier alpha value is -1.70. The van der Waals surface area contributed by atoms with Crippen molar-refractivity contribution < 1.29 is 34.8 Å². The van der Waals surface area contributed by atoms with Crippen LogP contribution in [0, 0.1) is 29.1 Å². The topological polar surface area (TPSA) is 124 Å². The standard InChI is InChI=1S/C21H28O7/c1-9-6-14-19(26,16(9)24)8-12(23)7-13-15-18(4,5)21(15,28-11(3)22)17(25)10(2)20(13,14)27/h6-7,10,13-15,17,23,25-27H,8H2,1-5H3/t10-,13+,14-,15-,17-,19-,20-,21-/m1/s1. The molecule has 4 aliphatic rings. The van der Waals surface area contributed by atoms with Crippen LogP contribution >= 0.6 is 0 Å². The molecule has 0 spiro atoms. The molecule has 0 unspecified atom stereocenters. The van der Waals surface area contributed by atoms with Gasteiger partial charge >= 0.3 is 5.97 Å². The Morgan fingerprint density at radius 2 is 1.86 bits per heavy atom. The van der Waals surface area contributed by atoms with Crippen molar-refractivity contribution in [2.24, 2.45) is 29.1 Å². The van der Waals surface area contributed by atoms with Gasteiger partial charge in [-0.25, -0.2) is 0 Å². The summed E-state index contributed by atoms with van der Waals surface area (Å²) in [6.07, 6.45) is 1.53. The third kappa shape index (κ3) is 1.90. The molecule has 0 heterocycles. The Morgan fingerprint density at radius 1 is 1.25 bits per heavy atom. The van der Waals surface area contributed by atoms with Crippen LogP contribution in [-0.4, -0.2) is 55.1 Å². The van der Waals surface area contributed by atoms with E-state index >= 15 is 0 Å². The third-order valence-corrected chi connectivity index (χ3v) is 8.01. The first-order valence-corrected chi connectivity index (χ1v) is 9.71. The van der Waals surface area contributed by atoms with Crippen molar-refractivity contribution in [2.45, 2.75) is 63.9 Å². The summed E-state index contributed by atoms with van der Waals surface area (Å²) in [6.45, 7) is 8.19. The predicted octanol–water partition coefficient (Wildman–Crippen LogP) is 1.02. The highest BCUT2D eigenvalue weighted by Crippen LogP contribution is 2.76. The maximum atomic E-state index is 12.7. The fourth-order valence-corrected chi connectivity index (χ4v) is 6.68. The van der Waals surface area contributed by atoms with Gasteiger partial charge in [-0.1, -0.05) is 26.8 Å². The second kappa shape index (κ2) is 5.26. The van der Waals surface area contributed by atoms with Crippen molar-refractivity contribution in [2.75, 3.05) is 0 Å². The molecule has 4 aliphatic carbocycles. The Kier molecular flexibility index (Phi) is 3.68. The lowest BCUT2D eigenvalue weighted by molar-refractivity contribution is -0.218. The summed E-state index contributed by atoms with van der Waals surface area (Å²) in [5.41, 5.74) is -5.21. The monoisotopic (exact) mass is 392 g/mol. The average Bonchev–Trinajstić information content (AvgIpc) is 3.00. The van der Waals surface area contributed by atoms with E-state index in [1.54, 1.807) is 19.9 Å². The molecule has 8 atom stereocenters. The molecule has 4 rings (SSSR count). The highest BCUT2D eigenvalue weighted by Gasteiger charge is 2.86. The molecule has 2 fully saturated rings. The normalized spacial score (nSPS) is 51.1. The van der Waals surface area contributed by atoms with Crippen LogP contribution in [0.3, 0.4) is 0 Å². The highest BCUT2D eigenvalue weighted by atomic mass is 16.6. The van der Waals surface area contributed by atoms with Gasteiger partial charge in [0.1, 0.15) is 11.2 Å². The number of rotatable bonds is 1. The quantitative estimate of drug-likeness (QED) is 0.491. The maximum Gasteiger partial charge on any atom is 0.303 e. The van der Waals surface area contributed by atoms with Gasteiger partial charge in [-0.05, 0) is 18.6 Å². The Bertz CT molecular complexity index is 842. The molecule has 4 N–H and O–H groups in total. The van der Waals surface area contributed by atoms with Crippen LogP contribution in [-0.2, 0) is 14.3 Å². The summed E-state index contributed by atoms with van der Waals surface area (Å²) in [5, 5.41) is 44.9. The lowest BCUT2D eigenvalue weighted by atomic mass is 9.59. The van der Waals surface area contributed by atoms with E-state index in [2.05, 4.69) is 0 Å². The summed E-state index contributed by atoms with van der Waals surface area (Å²) in [4.78, 5) is 24.5. The average molecular weight is 392 g/mol. The number of ether oxygens (including phenoxy) is 1. The number of aliphatic hydroxyl groups excluding tert-OH is 2. The molecule has 0 aromatic heterocycles. The van der Waals surface area contributed by atoms with Crippen LogP contribution in [0.15, 0.2) is 23.5 Å². The molecule has 0 radical (unpaired) electrons. The lowest BCUT2D eigenvalue weighted by Gasteiger charge is -2.52. The van der Waals surface area contributed by atoms with Crippen molar-refractivity contribution in [1.82, 2.24) is 0 Å².